The maximum absolute atomic E-state index is 11.4. The molecule has 2 aromatic carbocycles. The third-order valence-corrected chi connectivity index (χ3v) is 6.11. The number of hydrogen-bond donors (Lipinski definition) is 4. The van der Waals surface area contributed by atoms with Gasteiger partial charge in [-0.05, 0) is 69.4 Å². The number of carboxylic acids is 1. The third-order valence-electron chi connectivity index (χ3n) is 6.11. The molecule has 0 atom stereocenters. The quantitative estimate of drug-likeness (QED) is 0.140. The minimum atomic E-state index is -5.08. The number of anilines is 4. The second-order valence-corrected chi connectivity index (χ2v) is 9.97. The molecule has 3 heterocycles. The summed E-state index contributed by atoms with van der Waals surface area (Å²) in [6, 6.07) is 17.2. The Hall–Kier alpha value is -5.44. The molecule has 5 aromatic rings. The van der Waals surface area contributed by atoms with Gasteiger partial charge in [-0.15, -0.1) is 0 Å². The van der Waals surface area contributed by atoms with E-state index in [-0.39, 0.29) is 0 Å². The number of pyridine rings is 1. The van der Waals surface area contributed by atoms with Gasteiger partial charge >= 0.3 is 17.9 Å². The number of hydrogen-bond acceptors (Lipinski definition) is 10. The molecule has 0 spiro atoms. The van der Waals surface area contributed by atoms with E-state index in [0.29, 0.717) is 35.4 Å². The molecule has 0 radical (unpaired) electrons. The summed E-state index contributed by atoms with van der Waals surface area (Å²) in [5.74, 6) is -1.50. The van der Waals surface area contributed by atoms with Crippen LogP contribution in [0.3, 0.4) is 0 Å². The van der Waals surface area contributed by atoms with Crippen LogP contribution in [0.15, 0.2) is 76.2 Å². The van der Waals surface area contributed by atoms with Crippen molar-refractivity contribution in [3.63, 3.8) is 0 Å². The van der Waals surface area contributed by atoms with Gasteiger partial charge in [0, 0.05) is 47.5 Å². The van der Waals surface area contributed by atoms with E-state index >= 15 is 0 Å². The van der Waals surface area contributed by atoms with Gasteiger partial charge in [0.25, 0.3) is 0 Å². The highest BCUT2D eigenvalue weighted by Crippen LogP contribution is 2.25. The Morgan fingerprint density at radius 2 is 1.69 bits per heavy atom. The van der Waals surface area contributed by atoms with Gasteiger partial charge in [0.1, 0.15) is 5.82 Å². The summed E-state index contributed by atoms with van der Waals surface area (Å²) in [6.45, 7) is 3.55. The SMILES string of the molecule is Cc1cnc(Nc2ccc(-c3ccc(OCCCN(C)C)nc3)cc2)nc1Nc1ccc2oc(=O)[nH]c2c1.O=C(O)C(F)(F)F. The summed E-state index contributed by atoms with van der Waals surface area (Å²) in [5.41, 5.74) is 5.67. The van der Waals surface area contributed by atoms with Gasteiger partial charge in [0.2, 0.25) is 11.8 Å². The van der Waals surface area contributed by atoms with Gasteiger partial charge in [-0.3, -0.25) is 4.98 Å². The summed E-state index contributed by atoms with van der Waals surface area (Å²) < 4.78 is 42.5. The third kappa shape index (κ3) is 9.53. The van der Waals surface area contributed by atoms with Crippen molar-refractivity contribution in [3.8, 4) is 17.0 Å². The van der Waals surface area contributed by atoms with Crippen molar-refractivity contribution < 1.29 is 32.2 Å². The number of benzene rings is 2. The molecule has 0 aliphatic carbocycles. The van der Waals surface area contributed by atoms with Crippen LogP contribution in [0.5, 0.6) is 5.88 Å². The number of fused-ring (bicyclic) bond motifs is 1. The van der Waals surface area contributed by atoms with Crippen LogP contribution in [0, 0.1) is 6.92 Å². The fourth-order valence-electron chi connectivity index (χ4n) is 3.86. The van der Waals surface area contributed by atoms with Crippen molar-refractivity contribution in [1.29, 1.82) is 0 Å². The molecular weight excluding hydrogens is 595 g/mol. The van der Waals surface area contributed by atoms with Crippen molar-refractivity contribution in [1.82, 2.24) is 24.8 Å². The Kier molecular flexibility index (Phi) is 10.4. The second-order valence-electron chi connectivity index (χ2n) is 9.97. The van der Waals surface area contributed by atoms with Gasteiger partial charge in [0.05, 0.1) is 12.1 Å². The van der Waals surface area contributed by atoms with Crippen LogP contribution in [-0.2, 0) is 4.79 Å². The van der Waals surface area contributed by atoms with Gasteiger partial charge < -0.3 is 29.8 Å². The Morgan fingerprint density at radius 3 is 2.33 bits per heavy atom. The molecule has 3 aromatic heterocycles. The first-order valence-electron chi connectivity index (χ1n) is 13.5. The number of aryl methyl sites for hydroxylation is 1. The molecule has 0 unspecified atom stereocenters. The largest absolute Gasteiger partial charge is 0.490 e. The lowest BCUT2D eigenvalue weighted by Crippen LogP contribution is -2.21. The number of aromatic amines is 1. The number of nitrogens with zero attached hydrogens (tertiary/aromatic N) is 4. The first-order chi connectivity index (χ1) is 21.4. The fraction of sp³-hybridized carbons (Fsp3) is 0.233. The van der Waals surface area contributed by atoms with Crippen molar-refractivity contribution in [2.24, 2.45) is 0 Å². The number of aliphatic carboxylic acids is 1. The minimum absolute atomic E-state index is 0.459. The Balaban J connectivity index is 0.000000591. The monoisotopic (exact) mass is 625 g/mol. The molecule has 0 fully saturated rings. The zero-order chi connectivity index (χ0) is 32.6. The number of H-pyrrole nitrogens is 1. The number of alkyl halides is 3. The Bertz CT molecular complexity index is 1790. The van der Waals surface area contributed by atoms with Gasteiger partial charge in [0.15, 0.2) is 5.58 Å². The van der Waals surface area contributed by atoms with E-state index in [1.807, 2.05) is 69.7 Å². The lowest BCUT2D eigenvalue weighted by atomic mass is 10.1. The minimum Gasteiger partial charge on any atom is -0.478 e. The summed E-state index contributed by atoms with van der Waals surface area (Å²) in [4.78, 5) is 38.6. The fourth-order valence-corrected chi connectivity index (χ4v) is 3.86. The van der Waals surface area contributed by atoms with E-state index in [1.165, 1.54) is 0 Å². The van der Waals surface area contributed by atoms with Crippen LogP contribution in [0.2, 0.25) is 0 Å². The Morgan fingerprint density at radius 1 is 1.00 bits per heavy atom. The first-order valence-corrected chi connectivity index (χ1v) is 13.5. The molecule has 236 valence electrons. The Labute approximate surface area is 254 Å². The van der Waals surface area contributed by atoms with Crippen molar-refractivity contribution in [2.45, 2.75) is 19.5 Å². The van der Waals surface area contributed by atoms with Gasteiger partial charge in [-0.2, -0.15) is 18.2 Å². The molecule has 0 aliphatic rings. The molecular formula is C30H30F3N7O5. The second kappa shape index (κ2) is 14.4. The average molecular weight is 626 g/mol. The van der Waals surface area contributed by atoms with Crippen molar-refractivity contribution in [2.75, 3.05) is 37.9 Å². The molecule has 15 heteroatoms. The van der Waals surface area contributed by atoms with E-state index in [0.717, 1.165) is 41.0 Å². The number of ether oxygens (including phenoxy) is 1. The molecule has 4 N–H and O–H groups in total. The molecule has 5 rings (SSSR count). The number of rotatable bonds is 10. The summed E-state index contributed by atoms with van der Waals surface area (Å²) in [6.07, 6.45) is -0.558. The van der Waals surface area contributed by atoms with Crippen LogP contribution < -0.4 is 21.1 Å². The molecule has 0 amide bonds. The zero-order valence-corrected chi connectivity index (χ0v) is 24.5. The smallest absolute Gasteiger partial charge is 0.478 e. The molecule has 45 heavy (non-hydrogen) atoms. The van der Waals surface area contributed by atoms with Crippen LogP contribution >= 0.6 is 0 Å². The van der Waals surface area contributed by atoms with Crippen LogP contribution in [-0.4, -0.2) is 69.3 Å². The highest BCUT2D eigenvalue weighted by Gasteiger charge is 2.38. The zero-order valence-electron chi connectivity index (χ0n) is 24.5. The summed E-state index contributed by atoms with van der Waals surface area (Å²) in [5, 5.41) is 13.7. The number of carbonyl (C=O) groups is 1. The van der Waals surface area contributed by atoms with E-state index in [9.17, 15) is 18.0 Å². The average Bonchev–Trinajstić information content (AvgIpc) is 3.37. The van der Waals surface area contributed by atoms with E-state index in [4.69, 9.17) is 19.1 Å². The standard InChI is InChI=1S/C28H29N7O3.C2HF3O2/c1-18-16-30-27(34-26(18)31-22-10-11-24-23(15-22)33-28(36)38-24)32-21-8-5-19(6-9-21)20-7-12-25(29-17-20)37-14-4-13-35(2)3;3-2(4,5)1(6)7/h5-12,15-17H,4,13-14H2,1-3H3,(H,33,36)(H2,30,31,32,34);(H,6,7). The molecule has 0 aliphatic heterocycles. The van der Waals surface area contributed by atoms with E-state index in [2.05, 4.69) is 35.5 Å². The van der Waals surface area contributed by atoms with Gasteiger partial charge in [-0.1, -0.05) is 12.1 Å². The number of halogens is 3. The maximum Gasteiger partial charge on any atom is 0.490 e. The van der Waals surface area contributed by atoms with Crippen molar-refractivity contribution in [3.05, 3.63) is 83.1 Å². The number of aromatic nitrogens is 4. The number of nitrogens with one attached hydrogen (secondary N) is 3. The van der Waals surface area contributed by atoms with Gasteiger partial charge in [-0.25, -0.2) is 19.6 Å². The maximum atomic E-state index is 11.4. The highest BCUT2D eigenvalue weighted by atomic mass is 19.4. The summed E-state index contributed by atoms with van der Waals surface area (Å²) in [7, 11) is 4.10. The summed E-state index contributed by atoms with van der Waals surface area (Å²) >= 11 is 0. The predicted molar refractivity (Wildman–Crippen MR) is 162 cm³/mol. The number of oxazole rings is 1. The van der Waals surface area contributed by atoms with Crippen LogP contribution in [0.1, 0.15) is 12.0 Å². The first kappa shape index (κ1) is 32.5. The van der Waals surface area contributed by atoms with Crippen molar-refractivity contribution >= 4 is 40.2 Å². The lowest BCUT2D eigenvalue weighted by Gasteiger charge is -2.12. The highest BCUT2D eigenvalue weighted by molar-refractivity contribution is 5.78. The normalized spacial score (nSPS) is 11.2. The molecule has 0 saturated carbocycles. The van der Waals surface area contributed by atoms with E-state index < -0.39 is 17.9 Å². The number of carboxylic acid groups (broad SMARTS) is 1. The molecule has 0 saturated heterocycles. The predicted octanol–water partition coefficient (Wildman–Crippen LogP) is 5.73. The van der Waals surface area contributed by atoms with Crippen LogP contribution in [0.4, 0.5) is 36.3 Å². The van der Waals surface area contributed by atoms with Crippen LogP contribution in [0.25, 0.3) is 22.2 Å². The van der Waals surface area contributed by atoms with E-state index in [1.54, 1.807) is 18.3 Å². The molecule has 0 bridgehead atoms. The lowest BCUT2D eigenvalue weighted by molar-refractivity contribution is -0.192. The molecule has 12 nitrogen and oxygen atoms in total. The topological polar surface area (TPSA) is 158 Å².